The first-order valence-electron chi connectivity index (χ1n) is 5.80. The van der Waals surface area contributed by atoms with Crippen molar-refractivity contribution in [2.75, 3.05) is 13.1 Å². The lowest BCUT2D eigenvalue weighted by molar-refractivity contribution is -0.133. The summed E-state index contributed by atoms with van der Waals surface area (Å²) in [4.78, 5) is 15.4. The molecule has 1 amide bonds. The Morgan fingerprint density at radius 2 is 2.50 bits per heavy atom. The van der Waals surface area contributed by atoms with Gasteiger partial charge >= 0.3 is 0 Å². The Kier molecular flexibility index (Phi) is 3.61. The summed E-state index contributed by atoms with van der Waals surface area (Å²) in [5.41, 5.74) is 6.76. The lowest BCUT2D eigenvalue weighted by atomic mass is 10.0. The smallest absolute Gasteiger partial charge is 0.223 e. The van der Waals surface area contributed by atoms with Gasteiger partial charge in [-0.1, -0.05) is 0 Å². The number of amides is 1. The van der Waals surface area contributed by atoms with E-state index in [1.165, 1.54) is 10.4 Å². The van der Waals surface area contributed by atoms with E-state index < -0.39 is 0 Å². The van der Waals surface area contributed by atoms with Crippen molar-refractivity contribution in [2.24, 2.45) is 5.73 Å². The van der Waals surface area contributed by atoms with Gasteiger partial charge in [0, 0.05) is 17.8 Å². The summed E-state index contributed by atoms with van der Waals surface area (Å²) >= 11 is 1.80. The molecular weight excluding hydrogens is 220 g/mol. The Morgan fingerprint density at radius 3 is 3.25 bits per heavy atom. The van der Waals surface area contributed by atoms with Gasteiger partial charge in [-0.05, 0) is 43.3 Å². The number of fused-ring (bicyclic) bond motifs is 1. The van der Waals surface area contributed by atoms with Crippen molar-refractivity contribution in [2.45, 2.75) is 32.2 Å². The summed E-state index contributed by atoms with van der Waals surface area (Å²) in [6.45, 7) is 3.57. The van der Waals surface area contributed by atoms with Crippen LogP contribution in [0.2, 0.25) is 0 Å². The molecule has 4 heteroatoms. The number of rotatable bonds is 3. The van der Waals surface area contributed by atoms with E-state index in [4.69, 9.17) is 5.73 Å². The molecule has 1 unspecified atom stereocenters. The molecular formula is C12H18N2OS. The van der Waals surface area contributed by atoms with Gasteiger partial charge in [0.15, 0.2) is 0 Å². The Morgan fingerprint density at radius 1 is 1.69 bits per heavy atom. The highest BCUT2D eigenvalue weighted by Gasteiger charge is 2.27. The summed E-state index contributed by atoms with van der Waals surface area (Å²) in [5, 5.41) is 2.12. The fourth-order valence-electron chi connectivity index (χ4n) is 2.25. The van der Waals surface area contributed by atoms with Crippen molar-refractivity contribution in [1.82, 2.24) is 4.90 Å². The minimum absolute atomic E-state index is 0.236. The van der Waals surface area contributed by atoms with Gasteiger partial charge in [-0.3, -0.25) is 4.79 Å². The monoisotopic (exact) mass is 238 g/mol. The van der Waals surface area contributed by atoms with E-state index >= 15 is 0 Å². The Labute approximate surface area is 100 Å². The van der Waals surface area contributed by atoms with E-state index in [0.717, 1.165) is 19.4 Å². The maximum atomic E-state index is 12.0. The highest BCUT2D eigenvalue weighted by molar-refractivity contribution is 7.10. The third kappa shape index (κ3) is 2.13. The van der Waals surface area contributed by atoms with E-state index in [9.17, 15) is 4.79 Å². The first kappa shape index (κ1) is 11.6. The Balaban J connectivity index is 2.06. The molecule has 1 aliphatic heterocycles. The summed E-state index contributed by atoms with van der Waals surface area (Å²) in [6, 6.07) is 2.38. The predicted octanol–water partition coefficient (Wildman–Crippen LogP) is 1.93. The van der Waals surface area contributed by atoms with Crippen molar-refractivity contribution in [3.05, 3.63) is 21.9 Å². The third-order valence-electron chi connectivity index (χ3n) is 3.19. The van der Waals surface area contributed by atoms with E-state index in [1.807, 2.05) is 4.90 Å². The van der Waals surface area contributed by atoms with Crippen molar-refractivity contribution >= 4 is 17.2 Å². The fraction of sp³-hybridized carbons (Fsp3) is 0.583. The number of nitrogens with two attached hydrogens (primary N) is 1. The van der Waals surface area contributed by atoms with E-state index in [1.54, 1.807) is 11.3 Å². The lowest BCUT2D eigenvalue weighted by Gasteiger charge is -2.33. The normalized spacial score (nSPS) is 19.6. The van der Waals surface area contributed by atoms with Gasteiger partial charge in [-0.25, -0.2) is 0 Å². The zero-order valence-electron chi connectivity index (χ0n) is 9.61. The summed E-state index contributed by atoms with van der Waals surface area (Å²) in [6.07, 6.45) is 2.38. The van der Waals surface area contributed by atoms with Crippen LogP contribution in [0.3, 0.4) is 0 Å². The molecule has 0 aromatic carbocycles. The molecule has 0 aliphatic carbocycles. The van der Waals surface area contributed by atoms with Crippen LogP contribution in [0, 0.1) is 0 Å². The lowest BCUT2D eigenvalue weighted by Crippen LogP contribution is -2.38. The molecule has 0 spiro atoms. The minimum atomic E-state index is 0.236. The van der Waals surface area contributed by atoms with E-state index in [-0.39, 0.29) is 11.9 Å². The fourth-order valence-corrected chi connectivity index (χ4v) is 3.21. The number of thiophene rings is 1. The van der Waals surface area contributed by atoms with Crippen molar-refractivity contribution in [3.63, 3.8) is 0 Å². The Bertz CT molecular complexity index is 375. The second-order valence-corrected chi connectivity index (χ2v) is 5.21. The molecule has 1 atom stereocenters. The predicted molar refractivity (Wildman–Crippen MR) is 66.4 cm³/mol. The van der Waals surface area contributed by atoms with Gasteiger partial charge in [-0.15, -0.1) is 11.3 Å². The zero-order valence-corrected chi connectivity index (χ0v) is 10.4. The van der Waals surface area contributed by atoms with Gasteiger partial charge in [0.2, 0.25) is 5.91 Å². The van der Waals surface area contributed by atoms with Crippen LogP contribution in [0.1, 0.15) is 36.2 Å². The summed E-state index contributed by atoms with van der Waals surface area (Å²) in [5.74, 6) is 0.245. The molecule has 0 saturated carbocycles. The SMILES string of the molecule is CC1c2ccsc2CCN1C(=O)CCCN. The van der Waals surface area contributed by atoms with Crippen molar-refractivity contribution < 1.29 is 4.79 Å². The molecule has 16 heavy (non-hydrogen) atoms. The largest absolute Gasteiger partial charge is 0.336 e. The van der Waals surface area contributed by atoms with Crippen LogP contribution in [-0.4, -0.2) is 23.9 Å². The van der Waals surface area contributed by atoms with Gasteiger partial charge in [-0.2, -0.15) is 0 Å². The third-order valence-corrected chi connectivity index (χ3v) is 4.19. The maximum absolute atomic E-state index is 12.0. The summed E-state index contributed by atoms with van der Waals surface area (Å²) in [7, 11) is 0. The van der Waals surface area contributed by atoms with Gasteiger partial charge in [0.05, 0.1) is 6.04 Å². The van der Waals surface area contributed by atoms with Crippen LogP contribution >= 0.6 is 11.3 Å². The molecule has 3 nitrogen and oxygen atoms in total. The van der Waals surface area contributed by atoms with Crippen LogP contribution in [-0.2, 0) is 11.2 Å². The number of hydrogen-bond donors (Lipinski definition) is 1. The molecule has 1 aliphatic rings. The molecule has 0 fully saturated rings. The van der Waals surface area contributed by atoms with E-state index in [0.29, 0.717) is 13.0 Å². The average molecular weight is 238 g/mol. The van der Waals surface area contributed by atoms with Crippen LogP contribution in [0.15, 0.2) is 11.4 Å². The molecule has 2 rings (SSSR count). The van der Waals surface area contributed by atoms with Crippen LogP contribution in [0.4, 0.5) is 0 Å². The van der Waals surface area contributed by atoms with E-state index in [2.05, 4.69) is 18.4 Å². The zero-order chi connectivity index (χ0) is 11.5. The van der Waals surface area contributed by atoms with Gasteiger partial charge in [0.1, 0.15) is 0 Å². The van der Waals surface area contributed by atoms with Gasteiger partial charge in [0.25, 0.3) is 0 Å². The minimum Gasteiger partial charge on any atom is -0.336 e. The molecule has 0 radical (unpaired) electrons. The van der Waals surface area contributed by atoms with Gasteiger partial charge < -0.3 is 10.6 Å². The first-order valence-corrected chi connectivity index (χ1v) is 6.68. The number of nitrogens with zero attached hydrogens (tertiary/aromatic N) is 1. The topological polar surface area (TPSA) is 46.3 Å². The molecule has 2 heterocycles. The highest BCUT2D eigenvalue weighted by atomic mass is 32.1. The average Bonchev–Trinajstić information content (AvgIpc) is 2.75. The molecule has 2 N–H and O–H groups in total. The van der Waals surface area contributed by atoms with Crippen LogP contribution in [0.25, 0.3) is 0 Å². The van der Waals surface area contributed by atoms with Crippen molar-refractivity contribution in [3.8, 4) is 0 Å². The van der Waals surface area contributed by atoms with Crippen LogP contribution in [0.5, 0.6) is 0 Å². The molecule has 1 aromatic rings. The summed E-state index contributed by atoms with van der Waals surface area (Å²) < 4.78 is 0. The Hall–Kier alpha value is -0.870. The molecule has 0 bridgehead atoms. The van der Waals surface area contributed by atoms with Crippen molar-refractivity contribution in [1.29, 1.82) is 0 Å². The standard InChI is InChI=1S/C12H18N2OS/c1-9-10-5-8-16-11(10)4-7-14(9)12(15)3-2-6-13/h5,8-9H,2-4,6-7,13H2,1H3. The van der Waals surface area contributed by atoms with Crippen LogP contribution < -0.4 is 5.73 Å². The number of carbonyl (C=O) groups is 1. The maximum Gasteiger partial charge on any atom is 0.223 e. The second kappa shape index (κ2) is 4.97. The molecule has 0 saturated heterocycles. The molecule has 88 valence electrons. The number of carbonyl (C=O) groups excluding carboxylic acids is 1. The number of hydrogen-bond acceptors (Lipinski definition) is 3. The quantitative estimate of drug-likeness (QED) is 0.874. The highest BCUT2D eigenvalue weighted by Crippen LogP contribution is 2.33. The second-order valence-electron chi connectivity index (χ2n) is 4.20. The molecule has 1 aromatic heterocycles. The first-order chi connectivity index (χ1) is 7.74.